The first-order valence-electron chi connectivity index (χ1n) is 10.2. The number of aromatic nitrogens is 2. The predicted molar refractivity (Wildman–Crippen MR) is 118 cm³/mol. The first kappa shape index (κ1) is 27.1. The van der Waals surface area contributed by atoms with Crippen molar-refractivity contribution in [2.45, 2.75) is 36.9 Å². The van der Waals surface area contributed by atoms with Crippen molar-refractivity contribution in [3.05, 3.63) is 22.7 Å². The molecule has 2 aliphatic rings. The number of hydrogen-bond donors (Lipinski definition) is 4. The number of aliphatic hydroxyl groups is 2. The molecule has 198 valence electrons. The molecule has 2 aliphatic heterocycles. The molecule has 12 nitrogen and oxygen atoms in total. The van der Waals surface area contributed by atoms with E-state index in [2.05, 4.69) is 4.98 Å². The van der Waals surface area contributed by atoms with Crippen LogP contribution < -0.4 is 4.90 Å². The van der Waals surface area contributed by atoms with Crippen molar-refractivity contribution in [3.8, 4) is 6.07 Å². The van der Waals surface area contributed by atoms with Crippen LogP contribution in [0.15, 0.2) is 6.20 Å². The van der Waals surface area contributed by atoms with Gasteiger partial charge in [-0.15, -0.1) is 0 Å². The summed E-state index contributed by atoms with van der Waals surface area (Å²) in [5.74, 6) is -5.22. The molecule has 0 saturated carbocycles. The number of sulfone groups is 1. The molecular formula is C18H19ClF3N4O8PS. The molecule has 4 atom stereocenters. The van der Waals surface area contributed by atoms with Crippen LogP contribution in [-0.2, 0) is 19.1 Å². The second kappa shape index (κ2) is 9.10. The summed E-state index contributed by atoms with van der Waals surface area (Å²) < 4.78 is 84.6. The molecule has 2 saturated heterocycles. The maximum absolute atomic E-state index is 15.2. The standard InChI is InChI=1S/C18H19ClF3N4O8PS/c19-15-8(3-23)12(25-2-1-18(21,22)6-25)11-9(20)4-26(16(11)24-15)17-14(28)13(27)10(34-17)5-36(32,33)7-35(29,30)31/h4,10,13-14,17,27-28H,1-2,5-7H2,(H2,29,30,31)/t10-,13-,14-,17-/m1/s1. The molecule has 4 rings (SSSR count). The molecule has 4 heterocycles. The van der Waals surface area contributed by atoms with Gasteiger partial charge in [0.05, 0.1) is 23.4 Å². The van der Waals surface area contributed by atoms with Gasteiger partial charge >= 0.3 is 7.60 Å². The van der Waals surface area contributed by atoms with E-state index in [1.54, 1.807) is 6.07 Å². The number of aliphatic hydroxyl groups excluding tert-OH is 2. The number of alkyl halides is 2. The van der Waals surface area contributed by atoms with Crippen LogP contribution in [-0.4, -0.2) is 86.5 Å². The molecule has 18 heteroatoms. The van der Waals surface area contributed by atoms with Crippen molar-refractivity contribution in [1.29, 1.82) is 5.26 Å². The van der Waals surface area contributed by atoms with Crippen LogP contribution in [0.3, 0.4) is 0 Å². The summed E-state index contributed by atoms with van der Waals surface area (Å²) in [6, 6.07) is 1.73. The Bertz CT molecular complexity index is 1410. The molecule has 0 unspecified atom stereocenters. The van der Waals surface area contributed by atoms with Crippen molar-refractivity contribution < 1.29 is 50.9 Å². The van der Waals surface area contributed by atoms with Gasteiger partial charge in [0.2, 0.25) is 0 Å². The fourth-order valence-electron chi connectivity index (χ4n) is 4.38. The lowest BCUT2D eigenvalue weighted by molar-refractivity contribution is -0.0291. The van der Waals surface area contributed by atoms with E-state index in [0.717, 1.165) is 15.7 Å². The number of halogens is 4. The van der Waals surface area contributed by atoms with E-state index in [1.165, 1.54) is 0 Å². The highest BCUT2D eigenvalue weighted by Gasteiger charge is 2.47. The lowest BCUT2D eigenvalue weighted by atomic mass is 10.1. The second-order valence-electron chi connectivity index (χ2n) is 8.60. The quantitative estimate of drug-likeness (QED) is 0.281. The maximum atomic E-state index is 15.2. The van der Waals surface area contributed by atoms with Crippen LogP contribution in [0.4, 0.5) is 18.9 Å². The molecule has 36 heavy (non-hydrogen) atoms. The summed E-state index contributed by atoms with van der Waals surface area (Å²) >= 11 is 6.10. The Morgan fingerprint density at radius 1 is 1.33 bits per heavy atom. The van der Waals surface area contributed by atoms with E-state index < -0.39 is 83.1 Å². The van der Waals surface area contributed by atoms with E-state index in [1.807, 2.05) is 0 Å². The van der Waals surface area contributed by atoms with Crippen LogP contribution in [0.2, 0.25) is 5.15 Å². The molecule has 0 amide bonds. The first-order valence-corrected chi connectivity index (χ1v) is 14.2. The number of ether oxygens (including phenoxy) is 1. The zero-order valence-electron chi connectivity index (χ0n) is 18.0. The average Bonchev–Trinajstić information content (AvgIpc) is 3.34. The van der Waals surface area contributed by atoms with Crippen LogP contribution >= 0.6 is 19.2 Å². The zero-order valence-corrected chi connectivity index (χ0v) is 20.5. The maximum Gasteiger partial charge on any atom is 0.340 e. The number of hydrogen-bond acceptors (Lipinski definition) is 9. The van der Waals surface area contributed by atoms with Gasteiger partial charge in [0.1, 0.15) is 35.6 Å². The smallest absolute Gasteiger partial charge is 0.340 e. The minimum Gasteiger partial charge on any atom is -0.387 e. The number of nitrogens with zero attached hydrogens (tertiary/aromatic N) is 4. The Morgan fingerprint density at radius 3 is 2.56 bits per heavy atom. The first-order chi connectivity index (χ1) is 16.5. The van der Waals surface area contributed by atoms with Gasteiger partial charge in [-0.05, 0) is 0 Å². The molecule has 0 bridgehead atoms. The minimum atomic E-state index is -4.97. The van der Waals surface area contributed by atoms with Crippen LogP contribution in [0, 0.1) is 17.1 Å². The van der Waals surface area contributed by atoms with Gasteiger partial charge < -0.3 is 34.2 Å². The largest absolute Gasteiger partial charge is 0.387 e. The third-order valence-electron chi connectivity index (χ3n) is 5.84. The molecular weight excluding hydrogens is 556 g/mol. The summed E-state index contributed by atoms with van der Waals surface area (Å²) in [4.78, 5) is 22.9. The van der Waals surface area contributed by atoms with Crippen molar-refractivity contribution in [2.24, 2.45) is 0 Å². The summed E-state index contributed by atoms with van der Waals surface area (Å²) in [5, 5.41) is 29.5. The summed E-state index contributed by atoms with van der Waals surface area (Å²) in [6.45, 7) is -1.04. The number of pyridine rings is 1. The normalized spacial score (nSPS) is 26.6. The van der Waals surface area contributed by atoms with Gasteiger partial charge in [0.15, 0.2) is 32.5 Å². The Kier molecular flexibility index (Phi) is 6.85. The summed E-state index contributed by atoms with van der Waals surface area (Å²) in [7, 11) is -9.43. The minimum absolute atomic E-state index is 0.220. The van der Waals surface area contributed by atoms with Gasteiger partial charge in [0.25, 0.3) is 5.92 Å². The topological polar surface area (TPSA) is 186 Å². The van der Waals surface area contributed by atoms with E-state index in [9.17, 15) is 37.2 Å². The molecule has 0 radical (unpaired) electrons. The highest BCUT2D eigenvalue weighted by Crippen LogP contribution is 2.43. The Hall–Kier alpha value is -1.96. The monoisotopic (exact) mass is 574 g/mol. The SMILES string of the molecule is N#Cc1c(Cl)nc2c(c(F)cn2[C@@H]2O[C@H](CS(=O)(=O)CP(=O)(O)O)[C@@H](O)[C@H]2O)c1N1CCC(F)(F)C1. The van der Waals surface area contributed by atoms with Crippen molar-refractivity contribution in [1.82, 2.24) is 9.55 Å². The van der Waals surface area contributed by atoms with Crippen LogP contribution in [0.25, 0.3) is 11.0 Å². The highest BCUT2D eigenvalue weighted by molar-refractivity contribution is 7.97. The van der Waals surface area contributed by atoms with Crippen LogP contribution in [0.5, 0.6) is 0 Å². The van der Waals surface area contributed by atoms with Gasteiger partial charge in [-0.3, -0.25) is 4.57 Å². The Labute approximate surface area is 206 Å². The molecule has 4 N–H and O–H groups in total. The van der Waals surface area contributed by atoms with Gasteiger partial charge in [-0.25, -0.2) is 26.6 Å². The van der Waals surface area contributed by atoms with Gasteiger partial charge in [-0.1, -0.05) is 11.6 Å². The van der Waals surface area contributed by atoms with Crippen molar-refractivity contribution >= 4 is 45.8 Å². The third kappa shape index (κ3) is 5.07. The summed E-state index contributed by atoms with van der Waals surface area (Å²) in [5.41, 5.74) is -2.45. The molecule has 0 spiro atoms. The van der Waals surface area contributed by atoms with E-state index in [0.29, 0.717) is 0 Å². The van der Waals surface area contributed by atoms with E-state index in [-0.39, 0.29) is 28.8 Å². The van der Waals surface area contributed by atoms with Gasteiger partial charge in [-0.2, -0.15) is 5.26 Å². The van der Waals surface area contributed by atoms with Crippen molar-refractivity contribution in [2.75, 3.05) is 29.2 Å². The Balaban J connectivity index is 1.76. The molecule has 2 fully saturated rings. The second-order valence-corrected chi connectivity index (χ2v) is 13.1. The fourth-order valence-corrected chi connectivity index (χ4v) is 7.84. The number of fused-ring (bicyclic) bond motifs is 1. The molecule has 0 aliphatic carbocycles. The van der Waals surface area contributed by atoms with Crippen molar-refractivity contribution in [3.63, 3.8) is 0 Å². The predicted octanol–water partition coefficient (Wildman–Crippen LogP) is 0.715. The molecule has 2 aromatic heterocycles. The third-order valence-corrected chi connectivity index (χ3v) is 9.86. The lowest BCUT2D eigenvalue weighted by Crippen LogP contribution is -2.35. The number of rotatable bonds is 6. The van der Waals surface area contributed by atoms with Gasteiger partial charge in [0, 0.05) is 19.2 Å². The van der Waals surface area contributed by atoms with E-state index >= 15 is 4.39 Å². The fraction of sp³-hybridized carbons (Fsp3) is 0.556. The molecule has 2 aromatic rings. The molecule has 0 aromatic carbocycles. The number of anilines is 1. The zero-order chi connectivity index (χ0) is 26.8. The summed E-state index contributed by atoms with van der Waals surface area (Å²) in [6.07, 6.45) is -6.82. The average molecular weight is 575 g/mol. The highest BCUT2D eigenvalue weighted by atomic mass is 35.5. The lowest BCUT2D eigenvalue weighted by Gasteiger charge is -2.22. The van der Waals surface area contributed by atoms with Crippen LogP contribution in [0.1, 0.15) is 18.2 Å². The van der Waals surface area contributed by atoms with E-state index in [4.69, 9.17) is 26.1 Å². The number of nitriles is 1. The Morgan fingerprint density at radius 2 is 2.00 bits per heavy atom.